The smallest absolute Gasteiger partial charge is 0.382 e. The van der Waals surface area contributed by atoms with Gasteiger partial charge in [0, 0.05) is 35.4 Å². The molecule has 2 aliphatic heterocycles. The van der Waals surface area contributed by atoms with Crippen LogP contribution in [0.2, 0.25) is 0 Å². The second-order valence-corrected chi connectivity index (χ2v) is 8.24. The molecule has 0 aliphatic carbocycles. The lowest BCUT2D eigenvalue weighted by molar-refractivity contribution is -0.138. The predicted octanol–water partition coefficient (Wildman–Crippen LogP) is 4.98. The van der Waals surface area contributed by atoms with Crippen LogP contribution in [0.4, 0.5) is 30.2 Å². The number of hydrogen-bond acceptors (Lipinski definition) is 5. The fourth-order valence-electron chi connectivity index (χ4n) is 3.84. The quantitative estimate of drug-likeness (QED) is 0.564. The van der Waals surface area contributed by atoms with Crippen LogP contribution in [-0.2, 0) is 20.4 Å². The maximum Gasteiger partial charge on any atom is 0.418 e. The van der Waals surface area contributed by atoms with Crippen molar-refractivity contribution >= 4 is 28.5 Å². The fourth-order valence-corrected chi connectivity index (χ4v) is 3.84. The molecule has 2 heterocycles. The average molecular weight is 447 g/mol. The number of anilines is 3. The molecule has 0 bridgehead atoms. The van der Waals surface area contributed by atoms with Gasteiger partial charge in [-0.15, -0.1) is 0 Å². The number of amides is 1. The van der Waals surface area contributed by atoms with E-state index in [2.05, 4.69) is 16.0 Å². The van der Waals surface area contributed by atoms with Gasteiger partial charge in [-0.2, -0.15) is 13.2 Å². The van der Waals surface area contributed by atoms with Gasteiger partial charge in [-0.3, -0.25) is 4.79 Å². The van der Waals surface area contributed by atoms with Gasteiger partial charge in [0.1, 0.15) is 6.10 Å². The zero-order valence-electron chi connectivity index (χ0n) is 17.9. The van der Waals surface area contributed by atoms with Crippen molar-refractivity contribution in [1.29, 1.82) is 0 Å². The highest BCUT2D eigenvalue weighted by atomic mass is 19.4. The summed E-state index contributed by atoms with van der Waals surface area (Å²) in [5.74, 6) is -1.05. The highest BCUT2D eigenvalue weighted by molar-refractivity contribution is 6.32. The predicted molar refractivity (Wildman–Crippen MR) is 116 cm³/mol. The van der Waals surface area contributed by atoms with Crippen molar-refractivity contribution in [3.8, 4) is 0 Å². The number of rotatable bonds is 5. The molecule has 2 aromatic carbocycles. The Bertz CT molecular complexity index is 1080. The molecule has 2 aliphatic rings. The Kier molecular flexibility index (Phi) is 5.64. The molecule has 0 aromatic heterocycles. The Balaban J connectivity index is 1.54. The number of alkyl halides is 3. The highest BCUT2D eigenvalue weighted by Crippen LogP contribution is 2.38. The Labute approximate surface area is 183 Å². The van der Waals surface area contributed by atoms with Crippen molar-refractivity contribution in [2.45, 2.75) is 38.8 Å². The Morgan fingerprint density at radius 2 is 2.03 bits per heavy atom. The molecule has 3 N–H and O–H groups in total. The van der Waals surface area contributed by atoms with Gasteiger partial charge in [0.25, 0.3) is 5.91 Å². The lowest BCUT2D eigenvalue weighted by atomic mass is 10.0. The molecule has 2 aromatic rings. The number of carbonyl (C=O) groups excluding carboxylic acids is 1. The molecule has 9 heteroatoms. The molecule has 0 radical (unpaired) electrons. The molecule has 1 atom stereocenters. The van der Waals surface area contributed by atoms with Gasteiger partial charge in [0.2, 0.25) is 0 Å². The van der Waals surface area contributed by atoms with Crippen molar-refractivity contribution in [2.24, 2.45) is 0 Å². The number of nitrogens with one attached hydrogen (secondary N) is 3. The van der Waals surface area contributed by atoms with Gasteiger partial charge in [0.05, 0.1) is 17.7 Å². The summed E-state index contributed by atoms with van der Waals surface area (Å²) in [5, 5.41) is 8.42. The first-order valence-electron chi connectivity index (χ1n) is 10.2. The SMILES string of the molecule is Cc1cccc2c1C(=CNc1ccc(NCC3COC(C)(C)O3)c(C(F)(F)F)c1)C(=O)N2. The van der Waals surface area contributed by atoms with Crippen LogP contribution >= 0.6 is 0 Å². The summed E-state index contributed by atoms with van der Waals surface area (Å²) in [6, 6.07) is 9.38. The molecule has 6 nitrogen and oxygen atoms in total. The first kappa shape index (κ1) is 22.2. The molecule has 1 amide bonds. The van der Waals surface area contributed by atoms with Gasteiger partial charge < -0.3 is 25.4 Å². The number of benzene rings is 2. The molecule has 0 spiro atoms. The number of hydrogen-bond donors (Lipinski definition) is 3. The molecule has 32 heavy (non-hydrogen) atoms. The largest absolute Gasteiger partial charge is 0.418 e. The third-order valence-corrected chi connectivity index (χ3v) is 5.33. The first-order chi connectivity index (χ1) is 15.0. The summed E-state index contributed by atoms with van der Waals surface area (Å²) in [4.78, 5) is 12.3. The molecular formula is C23H24F3N3O3. The lowest BCUT2D eigenvalue weighted by Gasteiger charge is -2.19. The number of halogens is 3. The zero-order chi connectivity index (χ0) is 23.1. The summed E-state index contributed by atoms with van der Waals surface area (Å²) in [5.41, 5.74) is 2.03. The standard InChI is InChI=1S/C23H24F3N3O3/c1-13-5-4-6-19-20(13)16(21(30)29-19)11-27-14-7-8-18(17(9-14)23(24,25)26)28-10-15-12-31-22(2,3)32-15/h4-9,11,15,27-28H,10,12H2,1-3H3,(H,29,30). The van der Waals surface area contributed by atoms with Gasteiger partial charge in [-0.1, -0.05) is 12.1 Å². The summed E-state index contributed by atoms with van der Waals surface area (Å²) < 4.78 is 52.2. The van der Waals surface area contributed by atoms with E-state index in [4.69, 9.17) is 9.47 Å². The van der Waals surface area contributed by atoms with E-state index in [0.29, 0.717) is 17.9 Å². The van der Waals surface area contributed by atoms with Crippen LogP contribution in [0.3, 0.4) is 0 Å². The summed E-state index contributed by atoms with van der Waals surface area (Å²) in [6.45, 7) is 5.87. The Hall–Kier alpha value is -3.04. The van der Waals surface area contributed by atoms with E-state index in [1.54, 1.807) is 19.9 Å². The zero-order valence-corrected chi connectivity index (χ0v) is 17.9. The van der Waals surface area contributed by atoms with Crippen molar-refractivity contribution in [1.82, 2.24) is 0 Å². The molecule has 0 saturated carbocycles. The van der Waals surface area contributed by atoms with E-state index in [-0.39, 0.29) is 29.9 Å². The first-order valence-corrected chi connectivity index (χ1v) is 10.2. The van der Waals surface area contributed by atoms with Crippen molar-refractivity contribution < 1.29 is 27.4 Å². The van der Waals surface area contributed by atoms with E-state index in [1.165, 1.54) is 18.3 Å². The summed E-state index contributed by atoms with van der Waals surface area (Å²) in [7, 11) is 0. The summed E-state index contributed by atoms with van der Waals surface area (Å²) in [6.07, 6.45) is -3.48. The number of fused-ring (bicyclic) bond motifs is 1. The minimum atomic E-state index is -4.56. The van der Waals surface area contributed by atoms with Crippen LogP contribution in [0.5, 0.6) is 0 Å². The third-order valence-electron chi connectivity index (χ3n) is 5.33. The number of carbonyl (C=O) groups is 1. The van der Waals surface area contributed by atoms with E-state index in [9.17, 15) is 18.0 Å². The van der Waals surface area contributed by atoms with E-state index in [1.807, 2.05) is 19.1 Å². The average Bonchev–Trinajstić information content (AvgIpc) is 3.23. The Morgan fingerprint density at radius 1 is 1.25 bits per heavy atom. The molecular weight excluding hydrogens is 423 g/mol. The van der Waals surface area contributed by atoms with Gasteiger partial charge >= 0.3 is 6.18 Å². The second kappa shape index (κ2) is 8.14. The van der Waals surface area contributed by atoms with Gasteiger partial charge in [0.15, 0.2) is 5.79 Å². The van der Waals surface area contributed by atoms with Crippen LogP contribution in [0.25, 0.3) is 5.57 Å². The Morgan fingerprint density at radius 3 is 2.72 bits per heavy atom. The van der Waals surface area contributed by atoms with Crippen molar-refractivity contribution in [2.75, 3.05) is 29.1 Å². The second-order valence-electron chi connectivity index (χ2n) is 8.24. The lowest BCUT2D eigenvalue weighted by Crippen LogP contribution is -2.26. The fraction of sp³-hybridized carbons (Fsp3) is 0.348. The number of ether oxygens (including phenoxy) is 2. The van der Waals surface area contributed by atoms with Crippen molar-refractivity contribution in [3.63, 3.8) is 0 Å². The molecule has 4 rings (SSSR count). The topological polar surface area (TPSA) is 71.6 Å². The molecule has 170 valence electrons. The van der Waals surface area contributed by atoms with Crippen LogP contribution in [-0.4, -0.2) is 30.9 Å². The van der Waals surface area contributed by atoms with Crippen LogP contribution in [0.1, 0.15) is 30.5 Å². The van der Waals surface area contributed by atoms with Crippen LogP contribution < -0.4 is 16.0 Å². The maximum absolute atomic E-state index is 13.7. The normalized spacial score (nSPS) is 20.9. The van der Waals surface area contributed by atoms with E-state index >= 15 is 0 Å². The highest BCUT2D eigenvalue weighted by Gasteiger charge is 2.36. The van der Waals surface area contributed by atoms with Crippen LogP contribution in [0.15, 0.2) is 42.6 Å². The summed E-state index contributed by atoms with van der Waals surface area (Å²) >= 11 is 0. The van der Waals surface area contributed by atoms with E-state index < -0.39 is 17.5 Å². The van der Waals surface area contributed by atoms with Gasteiger partial charge in [-0.05, 0) is 50.6 Å². The van der Waals surface area contributed by atoms with Crippen LogP contribution in [0, 0.1) is 6.92 Å². The van der Waals surface area contributed by atoms with Crippen molar-refractivity contribution in [3.05, 3.63) is 59.3 Å². The monoisotopic (exact) mass is 447 g/mol. The minimum absolute atomic E-state index is 0.0520. The third kappa shape index (κ3) is 4.58. The van der Waals surface area contributed by atoms with Gasteiger partial charge in [-0.25, -0.2) is 0 Å². The minimum Gasteiger partial charge on any atom is -0.382 e. The maximum atomic E-state index is 13.7. The molecule has 1 unspecified atom stereocenters. The molecule has 1 fully saturated rings. The van der Waals surface area contributed by atoms with E-state index in [0.717, 1.165) is 17.2 Å². The molecule has 1 saturated heterocycles. The number of aryl methyl sites for hydroxylation is 1.